The molecule has 0 amide bonds. The number of hydrogen-bond donors (Lipinski definition) is 2. The van der Waals surface area contributed by atoms with Gasteiger partial charge in [0.25, 0.3) is 10.2 Å². The lowest BCUT2D eigenvalue weighted by molar-refractivity contribution is -0.136. The Balaban J connectivity index is 2.66. The van der Waals surface area contributed by atoms with Crippen LogP contribution in [-0.4, -0.2) is 49.7 Å². The molecular formula is C7H13F3N2O3S. The van der Waals surface area contributed by atoms with Crippen molar-refractivity contribution < 1.29 is 26.7 Å². The van der Waals surface area contributed by atoms with Crippen LogP contribution in [0, 0.1) is 0 Å². The van der Waals surface area contributed by atoms with Crippen LogP contribution in [-0.2, 0) is 10.2 Å². The Hall–Kier alpha value is -0.380. The molecule has 96 valence electrons. The summed E-state index contributed by atoms with van der Waals surface area (Å²) in [6.07, 6.45) is -3.34. The number of aliphatic hydroxyl groups excluding tert-OH is 1. The molecule has 1 rings (SSSR count). The van der Waals surface area contributed by atoms with E-state index in [-0.39, 0.29) is 10.3 Å². The summed E-state index contributed by atoms with van der Waals surface area (Å²) in [4.78, 5) is 0. The van der Waals surface area contributed by atoms with E-state index in [2.05, 4.69) is 4.72 Å². The summed E-state index contributed by atoms with van der Waals surface area (Å²) in [6, 6.07) is -0.264. The minimum Gasteiger partial charge on any atom is -0.395 e. The summed E-state index contributed by atoms with van der Waals surface area (Å²) in [5.74, 6) is 0. The van der Waals surface area contributed by atoms with E-state index in [9.17, 15) is 21.6 Å². The summed E-state index contributed by atoms with van der Waals surface area (Å²) in [7, 11) is -4.15. The van der Waals surface area contributed by atoms with Crippen molar-refractivity contribution in [2.24, 2.45) is 0 Å². The van der Waals surface area contributed by atoms with Crippen molar-refractivity contribution >= 4 is 10.2 Å². The first-order chi connectivity index (χ1) is 7.24. The quantitative estimate of drug-likeness (QED) is 0.699. The topological polar surface area (TPSA) is 69.6 Å². The van der Waals surface area contributed by atoms with Gasteiger partial charge >= 0.3 is 6.18 Å². The largest absolute Gasteiger partial charge is 0.402 e. The molecule has 0 unspecified atom stereocenters. The second-order valence-electron chi connectivity index (χ2n) is 3.57. The lowest BCUT2D eigenvalue weighted by Gasteiger charge is -2.22. The van der Waals surface area contributed by atoms with E-state index < -0.39 is 36.1 Å². The van der Waals surface area contributed by atoms with Crippen LogP contribution in [0.4, 0.5) is 13.2 Å². The Morgan fingerprint density at radius 2 is 1.94 bits per heavy atom. The molecule has 5 nitrogen and oxygen atoms in total. The van der Waals surface area contributed by atoms with Crippen molar-refractivity contribution in [3.8, 4) is 0 Å². The van der Waals surface area contributed by atoms with Crippen molar-refractivity contribution in [3.63, 3.8) is 0 Å². The number of halogens is 3. The number of nitrogens with one attached hydrogen (secondary N) is 1. The van der Waals surface area contributed by atoms with E-state index in [0.29, 0.717) is 12.8 Å². The van der Waals surface area contributed by atoms with E-state index >= 15 is 0 Å². The predicted molar refractivity (Wildman–Crippen MR) is 49.8 cm³/mol. The van der Waals surface area contributed by atoms with E-state index in [0.717, 1.165) is 0 Å². The molecule has 1 saturated carbocycles. The molecule has 0 heterocycles. The molecule has 0 bridgehead atoms. The molecular weight excluding hydrogens is 249 g/mol. The van der Waals surface area contributed by atoms with E-state index in [1.165, 1.54) is 0 Å². The molecule has 0 aromatic rings. The molecule has 0 radical (unpaired) electrons. The van der Waals surface area contributed by atoms with Crippen molar-refractivity contribution in [2.75, 3.05) is 19.7 Å². The number of nitrogens with zero attached hydrogens (tertiary/aromatic N) is 1. The third kappa shape index (κ3) is 4.64. The van der Waals surface area contributed by atoms with Gasteiger partial charge in [-0.15, -0.1) is 0 Å². The molecule has 2 N–H and O–H groups in total. The fraction of sp³-hybridized carbons (Fsp3) is 1.00. The fourth-order valence-corrected chi connectivity index (χ4v) is 2.53. The minimum absolute atomic E-state index is 0.200. The number of rotatable bonds is 6. The minimum atomic E-state index is -4.62. The molecule has 0 saturated heterocycles. The summed E-state index contributed by atoms with van der Waals surface area (Å²) in [5, 5.41) is 8.55. The van der Waals surface area contributed by atoms with Crippen LogP contribution < -0.4 is 4.72 Å². The summed E-state index contributed by atoms with van der Waals surface area (Å²) >= 11 is 0. The molecule has 0 spiro atoms. The third-order valence-corrected chi connectivity index (χ3v) is 3.56. The molecule has 0 aromatic heterocycles. The molecule has 16 heavy (non-hydrogen) atoms. The second-order valence-corrected chi connectivity index (χ2v) is 5.27. The Labute approximate surface area is 91.4 Å². The molecule has 1 aliphatic rings. The smallest absolute Gasteiger partial charge is 0.395 e. The van der Waals surface area contributed by atoms with Gasteiger partial charge in [0.2, 0.25) is 0 Å². The van der Waals surface area contributed by atoms with Crippen LogP contribution in [0.15, 0.2) is 0 Å². The van der Waals surface area contributed by atoms with Crippen LogP contribution in [0.5, 0.6) is 0 Å². The number of aliphatic hydroxyl groups is 1. The van der Waals surface area contributed by atoms with Gasteiger partial charge in [-0.2, -0.15) is 30.6 Å². The highest BCUT2D eigenvalue weighted by molar-refractivity contribution is 7.87. The molecule has 1 aliphatic carbocycles. The van der Waals surface area contributed by atoms with Crippen molar-refractivity contribution in [1.29, 1.82) is 0 Å². The standard InChI is InChI=1S/C7H13F3N2O3S/c8-7(9,10)5-12(3-4-13)16(14,15)11-6-1-2-6/h6,11,13H,1-5H2. The van der Waals surface area contributed by atoms with Gasteiger partial charge in [-0.1, -0.05) is 0 Å². The lowest BCUT2D eigenvalue weighted by atomic mass is 10.6. The SMILES string of the molecule is O=S(=O)(NC1CC1)N(CCO)CC(F)(F)F. The van der Waals surface area contributed by atoms with Gasteiger partial charge < -0.3 is 5.11 Å². The highest BCUT2D eigenvalue weighted by Gasteiger charge is 2.38. The zero-order chi connectivity index (χ0) is 12.4. The van der Waals surface area contributed by atoms with Gasteiger partial charge in [-0.25, -0.2) is 0 Å². The fourth-order valence-electron chi connectivity index (χ4n) is 1.08. The third-order valence-electron chi connectivity index (χ3n) is 1.94. The highest BCUT2D eigenvalue weighted by Crippen LogP contribution is 2.22. The molecule has 0 aromatic carbocycles. The van der Waals surface area contributed by atoms with Crippen LogP contribution in [0.1, 0.15) is 12.8 Å². The zero-order valence-corrected chi connectivity index (χ0v) is 9.18. The molecule has 0 aliphatic heterocycles. The summed E-state index contributed by atoms with van der Waals surface area (Å²) in [6.45, 7) is -2.81. The normalized spacial score (nSPS) is 18.1. The average molecular weight is 262 g/mol. The Bertz CT molecular complexity index is 326. The van der Waals surface area contributed by atoms with Crippen LogP contribution in [0.2, 0.25) is 0 Å². The van der Waals surface area contributed by atoms with E-state index in [1.54, 1.807) is 0 Å². The predicted octanol–water partition coefficient (Wildman–Crippen LogP) is -0.160. The van der Waals surface area contributed by atoms with Crippen molar-refractivity contribution in [2.45, 2.75) is 25.1 Å². The maximum Gasteiger partial charge on any atom is 0.402 e. The van der Waals surface area contributed by atoms with Crippen LogP contribution in [0.25, 0.3) is 0 Å². The maximum absolute atomic E-state index is 12.1. The zero-order valence-electron chi connectivity index (χ0n) is 8.37. The Morgan fingerprint density at radius 3 is 2.31 bits per heavy atom. The first kappa shape index (κ1) is 13.7. The second kappa shape index (κ2) is 4.86. The van der Waals surface area contributed by atoms with Gasteiger partial charge in [0.15, 0.2) is 0 Å². The number of hydrogen-bond acceptors (Lipinski definition) is 3. The summed E-state index contributed by atoms with van der Waals surface area (Å²) in [5.41, 5.74) is 0. The van der Waals surface area contributed by atoms with E-state index in [4.69, 9.17) is 5.11 Å². The monoisotopic (exact) mass is 262 g/mol. The highest BCUT2D eigenvalue weighted by atomic mass is 32.2. The molecule has 0 atom stereocenters. The van der Waals surface area contributed by atoms with Crippen LogP contribution in [0.3, 0.4) is 0 Å². The van der Waals surface area contributed by atoms with Crippen molar-refractivity contribution in [3.05, 3.63) is 0 Å². The van der Waals surface area contributed by atoms with Gasteiger partial charge in [0.05, 0.1) is 6.61 Å². The molecule has 9 heteroatoms. The van der Waals surface area contributed by atoms with Gasteiger partial charge in [0.1, 0.15) is 6.54 Å². The van der Waals surface area contributed by atoms with Gasteiger partial charge in [-0.05, 0) is 12.8 Å². The van der Waals surface area contributed by atoms with Crippen LogP contribution >= 0.6 is 0 Å². The average Bonchev–Trinajstić information content (AvgIpc) is 2.84. The lowest BCUT2D eigenvalue weighted by Crippen LogP contribution is -2.47. The molecule has 1 fully saturated rings. The first-order valence-electron chi connectivity index (χ1n) is 4.69. The Morgan fingerprint density at radius 1 is 1.38 bits per heavy atom. The number of alkyl halides is 3. The van der Waals surface area contributed by atoms with Gasteiger partial charge in [0, 0.05) is 12.6 Å². The Kier molecular flexibility index (Phi) is 4.16. The summed E-state index contributed by atoms with van der Waals surface area (Å²) < 4.78 is 61.5. The van der Waals surface area contributed by atoms with Gasteiger partial charge in [-0.3, -0.25) is 0 Å². The maximum atomic E-state index is 12.1. The first-order valence-corrected chi connectivity index (χ1v) is 6.13. The van der Waals surface area contributed by atoms with E-state index in [1.807, 2.05) is 0 Å². The van der Waals surface area contributed by atoms with Crippen molar-refractivity contribution in [1.82, 2.24) is 9.03 Å².